The Bertz CT molecular complexity index is 418. The van der Waals surface area contributed by atoms with Crippen molar-refractivity contribution in [3.05, 3.63) is 18.1 Å². The van der Waals surface area contributed by atoms with E-state index in [0.29, 0.717) is 5.84 Å². The molecule has 0 spiro atoms. The molecular formula is C13H21N5. The van der Waals surface area contributed by atoms with Crippen molar-refractivity contribution >= 4 is 11.7 Å². The average molecular weight is 247 g/mol. The molecule has 1 aliphatic heterocycles. The standard InChI is InChI=1S/C13H21N5/c1-2-4-11-7-12(17-9-16-11)18-6-3-5-10(8-18)13(14)15/h7,9-10H,2-6,8H2,1H3,(H3,14,15). The van der Waals surface area contributed by atoms with Crippen LogP contribution in [0.25, 0.3) is 0 Å². The van der Waals surface area contributed by atoms with Crippen LogP contribution in [0.3, 0.4) is 0 Å². The summed E-state index contributed by atoms with van der Waals surface area (Å²) in [5, 5.41) is 7.57. The average Bonchev–Trinajstić information content (AvgIpc) is 2.39. The number of piperidine rings is 1. The van der Waals surface area contributed by atoms with E-state index in [1.165, 1.54) is 0 Å². The highest BCUT2D eigenvalue weighted by molar-refractivity contribution is 5.80. The van der Waals surface area contributed by atoms with Gasteiger partial charge in [-0.15, -0.1) is 0 Å². The van der Waals surface area contributed by atoms with Gasteiger partial charge in [-0.05, 0) is 19.3 Å². The smallest absolute Gasteiger partial charge is 0.132 e. The molecule has 0 bridgehead atoms. The molecule has 5 heteroatoms. The maximum absolute atomic E-state index is 7.57. The monoisotopic (exact) mass is 247 g/mol. The van der Waals surface area contributed by atoms with Crippen LogP contribution in [-0.2, 0) is 6.42 Å². The van der Waals surface area contributed by atoms with Gasteiger partial charge in [-0.3, -0.25) is 5.41 Å². The molecule has 0 radical (unpaired) electrons. The fraction of sp³-hybridized carbons (Fsp3) is 0.615. The molecular weight excluding hydrogens is 226 g/mol. The highest BCUT2D eigenvalue weighted by Gasteiger charge is 2.22. The minimum absolute atomic E-state index is 0.170. The minimum atomic E-state index is 0.170. The van der Waals surface area contributed by atoms with Gasteiger partial charge in [-0.1, -0.05) is 13.3 Å². The largest absolute Gasteiger partial charge is 0.387 e. The van der Waals surface area contributed by atoms with Gasteiger partial charge in [0.05, 0.1) is 5.84 Å². The molecule has 1 aromatic heterocycles. The topological polar surface area (TPSA) is 78.9 Å². The lowest BCUT2D eigenvalue weighted by molar-refractivity contribution is 0.499. The Kier molecular flexibility index (Phi) is 4.12. The highest BCUT2D eigenvalue weighted by atomic mass is 15.2. The molecule has 0 amide bonds. The normalized spacial score (nSPS) is 19.8. The summed E-state index contributed by atoms with van der Waals surface area (Å²) < 4.78 is 0. The molecule has 0 aliphatic carbocycles. The maximum Gasteiger partial charge on any atom is 0.132 e. The third-order valence-corrected chi connectivity index (χ3v) is 3.40. The van der Waals surface area contributed by atoms with Crippen molar-refractivity contribution in [3.8, 4) is 0 Å². The lowest BCUT2D eigenvalue weighted by Gasteiger charge is -2.33. The minimum Gasteiger partial charge on any atom is -0.387 e. The number of aryl methyl sites for hydroxylation is 1. The lowest BCUT2D eigenvalue weighted by Crippen LogP contribution is -2.41. The van der Waals surface area contributed by atoms with Gasteiger partial charge in [0, 0.05) is 30.8 Å². The van der Waals surface area contributed by atoms with Crippen LogP contribution in [0.4, 0.5) is 5.82 Å². The molecule has 2 heterocycles. The first kappa shape index (κ1) is 12.8. The molecule has 1 fully saturated rings. The molecule has 0 aromatic carbocycles. The summed E-state index contributed by atoms with van der Waals surface area (Å²) in [6, 6.07) is 2.06. The van der Waals surface area contributed by atoms with Gasteiger partial charge in [0.25, 0.3) is 0 Å². The van der Waals surface area contributed by atoms with Crippen molar-refractivity contribution in [2.45, 2.75) is 32.6 Å². The van der Waals surface area contributed by atoms with Crippen LogP contribution in [0.5, 0.6) is 0 Å². The van der Waals surface area contributed by atoms with Crippen molar-refractivity contribution < 1.29 is 0 Å². The molecule has 3 N–H and O–H groups in total. The number of amidine groups is 1. The Labute approximate surface area is 108 Å². The van der Waals surface area contributed by atoms with Crippen LogP contribution in [0.1, 0.15) is 31.9 Å². The fourth-order valence-electron chi connectivity index (χ4n) is 2.39. The Balaban J connectivity index is 2.10. The number of nitrogens with two attached hydrogens (primary N) is 1. The predicted octanol–water partition coefficient (Wildman–Crippen LogP) is 1.58. The first-order chi connectivity index (χ1) is 8.70. The summed E-state index contributed by atoms with van der Waals surface area (Å²) in [6.07, 6.45) is 5.79. The van der Waals surface area contributed by atoms with Gasteiger partial charge in [0.1, 0.15) is 12.1 Å². The van der Waals surface area contributed by atoms with Crippen molar-refractivity contribution in [2.24, 2.45) is 11.7 Å². The Morgan fingerprint density at radius 1 is 1.56 bits per heavy atom. The van der Waals surface area contributed by atoms with Gasteiger partial charge in [-0.25, -0.2) is 9.97 Å². The molecule has 1 aliphatic rings. The van der Waals surface area contributed by atoms with Gasteiger partial charge in [0.2, 0.25) is 0 Å². The van der Waals surface area contributed by atoms with Gasteiger partial charge < -0.3 is 10.6 Å². The summed E-state index contributed by atoms with van der Waals surface area (Å²) >= 11 is 0. The second-order valence-corrected chi connectivity index (χ2v) is 4.86. The fourth-order valence-corrected chi connectivity index (χ4v) is 2.39. The van der Waals surface area contributed by atoms with E-state index in [2.05, 4.69) is 27.9 Å². The Morgan fingerprint density at radius 2 is 2.39 bits per heavy atom. The van der Waals surface area contributed by atoms with E-state index in [-0.39, 0.29) is 5.92 Å². The van der Waals surface area contributed by atoms with Crippen molar-refractivity contribution in [2.75, 3.05) is 18.0 Å². The van der Waals surface area contributed by atoms with E-state index >= 15 is 0 Å². The van der Waals surface area contributed by atoms with Gasteiger partial charge >= 0.3 is 0 Å². The molecule has 1 aromatic rings. The van der Waals surface area contributed by atoms with Gasteiger partial charge in [0.15, 0.2) is 0 Å². The molecule has 0 saturated carbocycles. The number of nitrogens with one attached hydrogen (secondary N) is 1. The molecule has 1 saturated heterocycles. The van der Waals surface area contributed by atoms with Crippen molar-refractivity contribution in [3.63, 3.8) is 0 Å². The van der Waals surface area contributed by atoms with Gasteiger partial charge in [-0.2, -0.15) is 0 Å². The quantitative estimate of drug-likeness (QED) is 0.625. The van der Waals surface area contributed by atoms with Crippen LogP contribution in [0.2, 0.25) is 0 Å². The molecule has 1 atom stereocenters. The number of nitrogens with zero attached hydrogens (tertiary/aromatic N) is 3. The van der Waals surface area contributed by atoms with E-state index in [1.807, 2.05) is 0 Å². The summed E-state index contributed by atoms with van der Waals surface area (Å²) in [6.45, 7) is 3.94. The van der Waals surface area contributed by atoms with Crippen LogP contribution >= 0.6 is 0 Å². The summed E-state index contributed by atoms with van der Waals surface area (Å²) in [7, 11) is 0. The third kappa shape index (κ3) is 2.97. The molecule has 5 nitrogen and oxygen atoms in total. The molecule has 1 unspecified atom stereocenters. The number of aromatic nitrogens is 2. The zero-order valence-corrected chi connectivity index (χ0v) is 10.9. The van der Waals surface area contributed by atoms with Crippen LogP contribution in [-0.4, -0.2) is 28.9 Å². The molecule has 2 rings (SSSR count). The zero-order valence-electron chi connectivity index (χ0n) is 10.9. The first-order valence-corrected chi connectivity index (χ1v) is 6.60. The third-order valence-electron chi connectivity index (χ3n) is 3.40. The van der Waals surface area contributed by atoms with Crippen LogP contribution in [0.15, 0.2) is 12.4 Å². The zero-order chi connectivity index (χ0) is 13.0. The predicted molar refractivity (Wildman–Crippen MR) is 72.9 cm³/mol. The second-order valence-electron chi connectivity index (χ2n) is 4.86. The molecule has 18 heavy (non-hydrogen) atoms. The van der Waals surface area contributed by atoms with E-state index in [4.69, 9.17) is 11.1 Å². The lowest BCUT2D eigenvalue weighted by atomic mass is 9.97. The molecule has 98 valence electrons. The number of anilines is 1. The number of hydrogen-bond acceptors (Lipinski definition) is 4. The first-order valence-electron chi connectivity index (χ1n) is 6.60. The van der Waals surface area contributed by atoms with E-state index in [9.17, 15) is 0 Å². The maximum atomic E-state index is 7.57. The van der Waals surface area contributed by atoms with Crippen molar-refractivity contribution in [1.29, 1.82) is 5.41 Å². The second kappa shape index (κ2) is 5.80. The van der Waals surface area contributed by atoms with Crippen LogP contribution < -0.4 is 10.6 Å². The summed E-state index contributed by atoms with van der Waals surface area (Å²) in [5.41, 5.74) is 6.70. The van der Waals surface area contributed by atoms with E-state index in [0.717, 1.165) is 50.3 Å². The van der Waals surface area contributed by atoms with Crippen LogP contribution in [0, 0.1) is 11.3 Å². The summed E-state index contributed by atoms with van der Waals surface area (Å²) in [5.74, 6) is 1.44. The SMILES string of the molecule is CCCc1cc(N2CCCC(C(=N)N)C2)ncn1. The highest BCUT2D eigenvalue weighted by Crippen LogP contribution is 2.21. The van der Waals surface area contributed by atoms with Crippen molar-refractivity contribution in [1.82, 2.24) is 9.97 Å². The number of rotatable bonds is 4. The Hall–Kier alpha value is -1.65. The van der Waals surface area contributed by atoms with E-state index < -0.39 is 0 Å². The number of hydrogen-bond donors (Lipinski definition) is 2. The summed E-state index contributed by atoms with van der Waals surface area (Å²) in [4.78, 5) is 10.8. The Morgan fingerprint density at radius 3 is 3.11 bits per heavy atom. The van der Waals surface area contributed by atoms with E-state index in [1.54, 1.807) is 6.33 Å².